The van der Waals surface area contributed by atoms with Crippen LogP contribution in [0.25, 0.3) is 0 Å². The second kappa shape index (κ2) is 8.51. The first-order valence-corrected chi connectivity index (χ1v) is 13.1. The van der Waals surface area contributed by atoms with Crippen LogP contribution in [0.3, 0.4) is 0 Å². The van der Waals surface area contributed by atoms with E-state index >= 15 is 0 Å². The second-order valence-electron chi connectivity index (χ2n) is 10.6. The highest BCUT2D eigenvalue weighted by atomic mass is 16.6. The molecular weight excluding hydrogens is 450 g/mol. The molecule has 2 heterocycles. The van der Waals surface area contributed by atoms with E-state index in [1.165, 1.54) is 5.69 Å². The minimum atomic E-state index is -0.423. The maximum atomic E-state index is 13.1. The first-order chi connectivity index (χ1) is 17.7. The molecule has 0 radical (unpaired) electrons. The van der Waals surface area contributed by atoms with Gasteiger partial charge >= 0.3 is 11.9 Å². The lowest BCUT2D eigenvalue weighted by atomic mass is 9.69. The van der Waals surface area contributed by atoms with E-state index in [0.717, 1.165) is 19.3 Å². The molecule has 0 amide bonds. The van der Waals surface area contributed by atoms with Gasteiger partial charge in [0.05, 0.1) is 11.1 Å². The number of ether oxygens (including phenoxy) is 2. The van der Waals surface area contributed by atoms with Crippen molar-refractivity contribution in [1.29, 1.82) is 0 Å². The molecule has 5 nitrogen and oxygen atoms in total. The average molecular weight is 480 g/mol. The Morgan fingerprint density at radius 2 is 1.03 bits per heavy atom. The fraction of sp³-hybridized carbons (Fsp3) is 0.355. The van der Waals surface area contributed by atoms with Gasteiger partial charge in [-0.25, -0.2) is 9.59 Å². The van der Waals surface area contributed by atoms with Gasteiger partial charge in [0, 0.05) is 29.6 Å². The number of anilines is 1. The molecule has 8 atom stereocenters. The standard InChI is InChI=1S/C31H29NO4/c33-30(19-10-4-1-5-11-19)35-28-22-18-23(29(28)36-31(34)20-12-6-2-7-13-20)27-25-17-16-24(26(22)27)32(25)21-14-8-3-9-15-21/h1-15,22-29H,16-18H2. The summed E-state index contributed by atoms with van der Waals surface area (Å²) in [6, 6.07) is 29.8. The fourth-order valence-electron chi connectivity index (χ4n) is 7.92. The zero-order chi connectivity index (χ0) is 24.2. The summed E-state index contributed by atoms with van der Waals surface area (Å²) >= 11 is 0. The van der Waals surface area contributed by atoms with Crippen LogP contribution < -0.4 is 4.90 Å². The number of nitrogens with zero attached hydrogens (tertiary/aromatic N) is 1. The predicted molar refractivity (Wildman–Crippen MR) is 136 cm³/mol. The number of hydrogen-bond donors (Lipinski definition) is 0. The Morgan fingerprint density at radius 3 is 1.47 bits per heavy atom. The molecule has 0 spiro atoms. The van der Waals surface area contributed by atoms with E-state index < -0.39 is 12.2 Å². The van der Waals surface area contributed by atoms with Crippen LogP contribution in [0.15, 0.2) is 91.0 Å². The number of fused-ring (bicyclic) bond motifs is 9. The molecular formula is C31H29NO4. The molecule has 4 bridgehead atoms. The Balaban J connectivity index is 1.21. The van der Waals surface area contributed by atoms with Crippen molar-refractivity contribution >= 4 is 17.6 Å². The molecule has 8 unspecified atom stereocenters. The zero-order valence-corrected chi connectivity index (χ0v) is 20.0. The van der Waals surface area contributed by atoms with Gasteiger partial charge in [0.2, 0.25) is 0 Å². The summed E-state index contributed by atoms with van der Waals surface area (Å²) in [6.45, 7) is 0. The Bertz CT molecular complexity index is 1180. The minimum absolute atomic E-state index is 0.197. The maximum absolute atomic E-state index is 13.1. The maximum Gasteiger partial charge on any atom is 0.338 e. The van der Waals surface area contributed by atoms with Crippen molar-refractivity contribution < 1.29 is 19.1 Å². The van der Waals surface area contributed by atoms with Crippen molar-refractivity contribution in [1.82, 2.24) is 0 Å². The van der Waals surface area contributed by atoms with E-state index in [1.807, 2.05) is 36.4 Å². The quantitative estimate of drug-likeness (QED) is 0.461. The highest BCUT2D eigenvalue weighted by Crippen LogP contribution is 2.65. The van der Waals surface area contributed by atoms with E-state index in [0.29, 0.717) is 35.0 Å². The molecule has 4 aliphatic rings. The van der Waals surface area contributed by atoms with E-state index in [4.69, 9.17) is 9.47 Å². The lowest BCUT2D eigenvalue weighted by molar-refractivity contribution is -0.0823. The highest BCUT2D eigenvalue weighted by Gasteiger charge is 2.70. The summed E-state index contributed by atoms with van der Waals surface area (Å²) < 4.78 is 12.4. The van der Waals surface area contributed by atoms with Crippen molar-refractivity contribution in [3.8, 4) is 0 Å². The van der Waals surface area contributed by atoms with Gasteiger partial charge in [-0.15, -0.1) is 0 Å². The molecule has 0 N–H and O–H groups in total. The van der Waals surface area contributed by atoms with Gasteiger partial charge in [-0.05, 0) is 67.5 Å². The molecule has 36 heavy (non-hydrogen) atoms. The number of para-hydroxylation sites is 1. The Labute approximate surface area is 211 Å². The van der Waals surface area contributed by atoms with Gasteiger partial charge in [0.15, 0.2) is 0 Å². The van der Waals surface area contributed by atoms with E-state index in [1.54, 1.807) is 24.3 Å². The smallest absolute Gasteiger partial charge is 0.338 e. The van der Waals surface area contributed by atoms with E-state index in [9.17, 15) is 9.59 Å². The lowest BCUT2D eigenvalue weighted by Gasteiger charge is -2.40. The largest absolute Gasteiger partial charge is 0.455 e. The molecule has 4 fully saturated rings. The van der Waals surface area contributed by atoms with Crippen LogP contribution in [0.2, 0.25) is 0 Å². The Hall–Kier alpha value is -3.60. The van der Waals surface area contributed by atoms with E-state index in [2.05, 4.69) is 35.2 Å². The van der Waals surface area contributed by atoms with Crippen molar-refractivity contribution in [3.05, 3.63) is 102 Å². The average Bonchev–Trinajstić information content (AvgIpc) is 3.69. The summed E-state index contributed by atoms with van der Waals surface area (Å²) in [4.78, 5) is 28.9. The second-order valence-corrected chi connectivity index (χ2v) is 10.6. The normalized spacial score (nSPS) is 33.4. The third kappa shape index (κ3) is 3.29. The van der Waals surface area contributed by atoms with Crippen LogP contribution >= 0.6 is 0 Å². The minimum Gasteiger partial charge on any atom is -0.455 e. The number of hydrogen-bond acceptors (Lipinski definition) is 5. The number of carbonyl (C=O) groups excluding carboxylic acids is 2. The molecule has 3 aromatic carbocycles. The number of benzene rings is 3. The molecule has 2 aliphatic carbocycles. The van der Waals surface area contributed by atoms with Gasteiger partial charge < -0.3 is 14.4 Å². The molecule has 2 saturated carbocycles. The summed E-state index contributed by atoms with van der Waals surface area (Å²) in [5.41, 5.74) is 2.34. The first-order valence-electron chi connectivity index (χ1n) is 13.1. The molecule has 182 valence electrons. The van der Waals surface area contributed by atoms with Crippen LogP contribution in [0.4, 0.5) is 5.69 Å². The third-order valence-electron chi connectivity index (χ3n) is 9.07. The predicted octanol–water partition coefficient (Wildman–Crippen LogP) is 5.37. The molecule has 2 saturated heterocycles. The van der Waals surface area contributed by atoms with Crippen molar-refractivity contribution in [2.24, 2.45) is 23.7 Å². The van der Waals surface area contributed by atoms with Gasteiger partial charge in [-0.3, -0.25) is 0 Å². The highest BCUT2D eigenvalue weighted by molar-refractivity contribution is 5.90. The van der Waals surface area contributed by atoms with Gasteiger partial charge in [-0.2, -0.15) is 0 Å². The molecule has 0 aromatic heterocycles. The molecule has 2 aliphatic heterocycles. The van der Waals surface area contributed by atoms with Crippen LogP contribution in [0.1, 0.15) is 40.0 Å². The summed E-state index contributed by atoms with van der Waals surface area (Å²) in [5, 5.41) is 0. The Kier molecular flexibility index (Phi) is 5.12. The first kappa shape index (κ1) is 21.7. The van der Waals surface area contributed by atoms with Crippen molar-refractivity contribution in [2.45, 2.75) is 43.6 Å². The topological polar surface area (TPSA) is 55.8 Å². The monoisotopic (exact) mass is 479 g/mol. The van der Waals surface area contributed by atoms with Gasteiger partial charge in [0.25, 0.3) is 0 Å². The number of esters is 2. The third-order valence-corrected chi connectivity index (χ3v) is 9.07. The summed E-state index contributed by atoms with van der Waals surface area (Å²) in [6.07, 6.45) is 2.43. The number of rotatable bonds is 5. The molecule has 7 rings (SSSR count). The summed E-state index contributed by atoms with van der Waals surface area (Å²) in [7, 11) is 0. The van der Waals surface area contributed by atoms with Crippen molar-refractivity contribution in [3.63, 3.8) is 0 Å². The van der Waals surface area contributed by atoms with E-state index in [-0.39, 0.29) is 23.8 Å². The van der Waals surface area contributed by atoms with Crippen LogP contribution in [0, 0.1) is 23.7 Å². The SMILES string of the molecule is O=C(OC1C2CC(C1OC(=O)c1ccccc1)C1C2C2CCC1N2c1ccccc1)c1ccccc1. The summed E-state index contributed by atoms with van der Waals surface area (Å²) in [5.74, 6) is 0.621. The van der Waals surface area contributed by atoms with Crippen molar-refractivity contribution in [2.75, 3.05) is 4.90 Å². The lowest BCUT2D eigenvalue weighted by Crippen LogP contribution is -2.49. The zero-order valence-electron chi connectivity index (χ0n) is 20.0. The van der Waals surface area contributed by atoms with Gasteiger partial charge in [-0.1, -0.05) is 54.6 Å². The van der Waals surface area contributed by atoms with Gasteiger partial charge in [0.1, 0.15) is 12.2 Å². The number of carbonyl (C=O) groups is 2. The molecule has 5 heteroatoms. The van der Waals surface area contributed by atoms with Crippen LogP contribution in [-0.2, 0) is 9.47 Å². The van der Waals surface area contributed by atoms with Crippen LogP contribution in [-0.4, -0.2) is 36.2 Å². The Morgan fingerprint density at radius 1 is 0.611 bits per heavy atom. The van der Waals surface area contributed by atoms with Crippen LogP contribution in [0.5, 0.6) is 0 Å². The fourth-order valence-corrected chi connectivity index (χ4v) is 7.92. The molecule has 3 aromatic rings.